The molecule has 0 unspecified atom stereocenters. The van der Waals surface area contributed by atoms with E-state index < -0.39 is 0 Å². The highest BCUT2D eigenvalue weighted by molar-refractivity contribution is 7.09. The zero-order valence-electron chi connectivity index (χ0n) is 16.7. The Balaban J connectivity index is 1.38. The molecule has 1 aromatic carbocycles. The molecular formula is C22H29N3O2S. The van der Waals surface area contributed by atoms with Crippen LogP contribution in [0.5, 0.6) is 0 Å². The van der Waals surface area contributed by atoms with E-state index in [0.29, 0.717) is 26.1 Å². The number of amides is 2. The Morgan fingerprint density at radius 3 is 2.57 bits per heavy atom. The average molecular weight is 400 g/mol. The van der Waals surface area contributed by atoms with Crippen molar-refractivity contribution in [2.24, 2.45) is 0 Å². The Morgan fingerprint density at radius 2 is 1.86 bits per heavy atom. The molecule has 2 aromatic rings. The summed E-state index contributed by atoms with van der Waals surface area (Å²) in [6, 6.07) is 10.1. The summed E-state index contributed by atoms with van der Waals surface area (Å²) in [6.45, 7) is 7.33. The standard InChI is InChI=1S/C22H29N3O2S/c1-17-6-3-9-20(18(17)2)23-21(26)16-24-11-13-25(14-12-24)22(27)10-4-7-19-8-5-15-28-19/h3,5-6,8-9,15H,4,7,10-14,16H2,1-2H3,(H,23,26). The van der Waals surface area contributed by atoms with E-state index in [-0.39, 0.29) is 11.8 Å². The summed E-state index contributed by atoms with van der Waals surface area (Å²) in [7, 11) is 0. The van der Waals surface area contributed by atoms with E-state index in [1.165, 1.54) is 10.4 Å². The van der Waals surface area contributed by atoms with Gasteiger partial charge in [-0.3, -0.25) is 14.5 Å². The predicted molar refractivity (Wildman–Crippen MR) is 115 cm³/mol. The highest BCUT2D eigenvalue weighted by Crippen LogP contribution is 2.18. The molecule has 0 aliphatic carbocycles. The fourth-order valence-corrected chi connectivity index (χ4v) is 4.21. The lowest BCUT2D eigenvalue weighted by Gasteiger charge is -2.34. The van der Waals surface area contributed by atoms with Gasteiger partial charge in [0.25, 0.3) is 0 Å². The lowest BCUT2D eigenvalue weighted by atomic mass is 10.1. The van der Waals surface area contributed by atoms with Gasteiger partial charge in [0.05, 0.1) is 6.54 Å². The van der Waals surface area contributed by atoms with Crippen molar-refractivity contribution >= 4 is 28.8 Å². The van der Waals surface area contributed by atoms with E-state index in [0.717, 1.165) is 37.2 Å². The van der Waals surface area contributed by atoms with Gasteiger partial charge in [0.15, 0.2) is 0 Å². The maximum Gasteiger partial charge on any atom is 0.238 e. The average Bonchev–Trinajstić information content (AvgIpc) is 3.19. The third-order valence-electron chi connectivity index (χ3n) is 5.36. The third kappa shape index (κ3) is 5.66. The molecule has 5 nitrogen and oxygen atoms in total. The third-order valence-corrected chi connectivity index (χ3v) is 6.30. The molecule has 3 rings (SSSR count). The molecule has 6 heteroatoms. The number of carbonyl (C=O) groups excluding carboxylic acids is 2. The summed E-state index contributed by atoms with van der Waals surface area (Å²) in [5.74, 6) is 0.237. The lowest BCUT2D eigenvalue weighted by molar-refractivity contribution is -0.133. The van der Waals surface area contributed by atoms with Gasteiger partial charge in [-0.2, -0.15) is 0 Å². The Morgan fingerprint density at radius 1 is 1.07 bits per heavy atom. The minimum atomic E-state index is 0.00410. The van der Waals surface area contributed by atoms with Gasteiger partial charge in [0, 0.05) is 43.2 Å². The molecule has 1 fully saturated rings. The number of anilines is 1. The van der Waals surface area contributed by atoms with Crippen LogP contribution in [0.25, 0.3) is 0 Å². The first-order valence-corrected chi connectivity index (χ1v) is 10.8. The molecule has 0 spiro atoms. The molecule has 150 valence electrons. The maximum absolute atomic E-state index is 12.4. The minimum Gasteiger partial charge on any atom is -0.340 e. The van der Waals surface area contributed by atoms with Crippen LogP contribution >= 0.6 is 11.3 Å². The van der Waals surface area contributed by atoms with Crippen LogP contribution in [0, 0.1) is 13.8 Å². The molecule has 0 saturated carbocycles. The van der Waals surface area contributed by atoms with E-state index in [1.54, 1.807) is 11.3 Å². The van der Waals surface area contributed by atoms with Gasteiger partial charge in [0.2, 0.25) is 11.8 Å². The van der Waals surface area contributed by atoms with Gasteiger partial charge in [-0.15, -0.1) is 11.3 Å². The van der Waals surface area contributed by atoms with Crippen molar-refractivity contribution in [3.8, 4) is 0 Å². The molecule has 0 radical (unpaired) electrons. The molecule has 1 saturated heterocycles. The first-order chi connectivity index (χ1) is 13.5. The molecule has 1 aliphatic heterocycles. The molecule has 0 atom stereocenters. The number of nitrogens with one attached hydrogen (secondary N) is 1. The van der Waals surface area contributed by atoms with Crippen LogP contribution in [-0.4, -0.2) is 54.3 Å². The fourth-order valence-electron chi connectivity index (χ4n) is 3.46. The number of hydrogen-bond donors (Lipinski definition) is 1. The summed E-state index contributed by atoms with van der Waals surface area (Å²) in [6.07, 6.45) is 2.48. The first-order valence-electron chi connectivity index (χ1n) is 9.91. The van der Waals surface area contributed by atoms with Gasteiger partial charge < -0.3 is 10.2 Å². The van der Waals surface area contributed by atoms with Gasteiger partial charge in [-0.1, -0.05) is 18.2 Å². The second kappa shape index (κ2) is 9.85. The van der Waals surface area contributed by atoms with Crippen LogP contribution in [0.15, 0.2) is 35.7 Å². The zero-order valence-corrected chi connectivity index (χ0v) is 17.6. The summed E-state index contributed by atoms with van der Waals surface area (Å²) in [4.78, 5) is 30.2. The largest absolute Gasteiger partial charge is 0.340 e. The number of piperazine rings is 1. The topological polar surface area (TPSA) is 52.7 Å². The van der Waals surface area contributed by atoms with E-state index in [4.69, 9.17) is 0 Å². The number of aryl methyl sites for hydroxylation is 2. The second-order valence-corrected chi connectivity index (χ2v) is 8.42. The lowest BCUT2D eigenvalue weighted by Crippen LogP contribution is -2.50. The number of nitrogens with zero attached hydrogens (tertiary/aromatic N) is 2. The van der Waals surface area contributed by atoms with Crippen LogP contribution in [0.4, 0.5) is 5.69 Å². The first kappa shape index (κ1) is 20.6. The molecule has 1 aromatic heterocycles. The summed E-state index contributed by atoms with van der Waals surface area (Å²) in [5, 5.41) is 5.09. The van der Waals surface area contributed by atoms with E-state index in [2.05, 4.69) is 27.7 Å². The molecule has 1 aliphatic rings. The van der Waals surface area contributed by atoms with Gasteiger partial charge >= 0.3 is 0 Å². The van der Waals surface area contributed by atoms with Crippen molar-refractivity contribution < 1.29 is 9.59 Å². The smallest absolute Gasteiger partial charge is 0.238 e. The Hall–Kier alpha value is -2.18. The number of carbonyl (C=O) groups is 2. The highest BCUT2D eigenvalue weighted by atomic mass is 32.1. The normalized spacial score (nSPS) is 14.9. The van der Waals surface area contributed by atoms with Crippen LogP contribution in [0.1, 0.15) is 28.8 Å². The number of hydrogen-bond acceptors (Lipinski definition) is 4. The maximum atomic E-state index is 12.4. The van der Waals surface area contributed by atoms with E-state index in [1.807, 2.05) is 36.9 Å². The van der Waals surface area contributed by atoms with Crippen molar-refractivity contribution in [1.29, 1.82) is 0 Å². The Kier molecular flexibility index (Phi) is 7.23. The summed E-state index contributed by atoms with van der Waals surface area (Å²) >= 11 is 1.75. The number of thiophene rings is 1. The Bertz CT molecular complexity index is 796. The van der Waals surface area contributed by atoms with Crippen molar-refractivity contribution in [2.45, 2.75) is 33.1 Å². The van der Waals surface area contributed by atoms with Crippen LogP contribution < -0.4 is 5.32 Å². The van der Waals surface area contributed by atoms with Crippen molar-refractivity contribution in [1.82, 2.24) is 9.80 Å². The number of benzene rings is 1. The quantitative estimate of drug-likeness (QED) is 0.776. The van der Waals surface area contributed by atoms with E-state index in [9.17, 15) is 9.59 Å². The molecule has 2 heterocycles. The van der Waals surface area contributed by atoms with Crippen LogP contribution in [-0.2, 0) is 16.0 Å². The Labute approximate surface area is 171 Å². The number of rotatable bonds is 7. The zero-order chi connectivity index (χ0) is 19.9. The van der Waals surface area contributed by atoms with Crippen molar-refractivity contribution in [3.05, 3.63) is 51.7 Å². The summed E-state index contributed by atoms with van der Waals surface area (Å²) < 4.78 is 0. The van der Waals surface area contributed by atoms with E-state index >= 15 is 0 Å². The van der Waals surface area contributed by atoms with Gasteiger partial charge in [-0.25, -0.2) is 0 Å². The monoisotopic (exact) mass is 399 g/mol. The second-order valence-electron chi connectivity index (χ2n) is 7.39. The van der Waals surface area contributed by atoms with Gasteiger partial charge in [0.1, 0.15) is 0 Å². The van der Waals surface area contributed by atoms with Crippen LogP contribution in [0.3, 0.4) is 0 Å². The van der Waals surface area contributed by atoms with Crippen LogP contribution in [0.2, 0.25) is 0 Å². The minimum absolute atomic E-state index is 0.00410. The molecule has 2 amide bonds. The van der Waals surface area contributed by atoms with Crippen molar-refractivity contribution in [2.75, 3.05) is 38.0 Å². The molecular weight excluding hydrogens is 370 g/mol. The molecule has 1 N–H and O–H groups in total. The van der Waals surface area contributed by atoms with Crippen molar-refractivity contribution in [3.63, 3.8) is 0 Å². The fraction of sp³-hybridized carbons (Fsp3) is 0.455. The SMILES string of the molecule is Cc1cccc(NC(=O)CN2CCN(C(=O)CCCc3cccs3)CC2)c1C. The highest BCUT2D eigenvalue weighted by Gasteiger charge is 2.22. The molecule has 28 heavy (non-hydrogen) atoms. The summed E-state index contributed by atoms with van der Waals surface area (Å²) in [5.41, 5.74) is 3.15. The molecule has 0 bridgehead atoms. The predicted octanol–water partition coefficient (Wildman–Crippen LogP) is 3.47. The van der Waals surface area contributed by atoms with Gasteiger partial charge in [-0.05, 0) is 55.3 Å².